The summed E-state index contributed by atoms with van der Waals surface area (Å²) in [5, 5.41) is 3.08. The Kier molecular flexibility index (Phi) is 8.37. The van der Waals surface area contributed by atoms with E-state index in [1.54, 1.807) is 37.4 Å². The molecule has 0 aliphatic carbocycles. The van der Waals surface area contributed by atoms with Gasteiger partial charge in [0.2, 0.25) is 5.91 Å². The van der Waals surface area contributed by atoms with E-state index in [2.05, 4.69) is 24.1 Å². The molecule has 2 aliphatic heterocycles. The van der Waals surface area contributed by atoms with Gasteiger partial charge in [0.05, 0.1) is 26.2 Å². The van der Waals surface area contributed by atoms with Crippen LogP contribution in [0.5, 0.6) is 11.5 Å². The van der Waals surface area contributed by atoms with Crippen LogP contribution >= 0.6 is 0 Å². The van der Waals surface area contributed by atoms with Crippen molar-refractivity contribution in [1.29, 1.82) is 0 Å². The summed E-state index contributed by atoms with van der Waals surface area (Å²) < 4.78 is 25.9. The monoisotopic (exact) mass is 511 g/mol. The number of carbonyl (C=O) groups excluding carboxylic acids is 2. The number of nitrogens with zero attached hydrogens (tertiary/aromatic N) is 2. The maximum atomic E-state index is 15.0. The number of hydrogen-bond acceptors (Lipinski definition) is 5. The Balaban J connectivity index is 1.61. The van der Waals surface area contributed by atoms with Crippen molar-refractivity contribution in [3.8, 4) is 11.5 Å². The van der Waals surface area contributed by atoms with Gasteiger partial charge in [0, 0.05) is 37.8 Å². The highest BCUT2D eigenvalue weighted by atomic mass is 19.1. The summed E-state index contributed by atoms with van der Waals surface area (Å²) in [5.41, 5.74) is 1.16. The highest BCUT2D eigenvalue weighted by Gasteiger charge is 2.44. The molecule has 0 spiro atoms. The van der Waals surface area contributed by atoms with E-state index >= 15 is 4.39 Å². The van der Waals surface area contributed by atoms with Gasteiger partial charge >= 0.3 is 0 Å². The minimum absolute atomic E-state index is 0.249. The van der Waals surface area contributed by atoms with Gasteiger partial charge in [0.1, 0.15) is 5.82 Å². The molecule has 8 heteroatoms. The molecule has 0 saturated carbocycles. The Morgan fingerprint density at radius 2 is 1.70 bits per heavy atom. The molecule has 2 aromatic carbocycles. The van der Waals surface area contributed by atoms with Crippen LogP contribution in [0.1, 0.15) is 60.1 Å². The zero-order valence-electron chi connectivity index (χ0n) is 22.4. The molecule has 4 rings (SSSR count). The first-order valence-corrected chi connectivity index (χ1v) is 13.0. The average molecular weight is 512 g/mol. The second-order valence-electron chi connectivity index (χ2n) is 10.5. The maximum Gasteiger partial charge on any atom is 0.254 e. The van der Waals surface area contributed by atoms with Gasteiger partial charge in [-0.15, -0.1) is 0 Å². The third-order valence-corrected chi connectivity index (χ3v) is 7.58. The summed E-state index contributed by atoms with van der Waals surface area (Å²) in [7, 11) is 4.61. The Morgan fingerprint density at radius 1 is 1.05 bits per heavy atom. The number of carbonyl (C=O) groups is 2. The van der Waals surface area contributed by atoms with Gasteiger partial charge in [-0.25, -0.2) is 4.39 Å². The van der Waals surface area contributed by atoms with E-state index in [4.69, 9.17) is 9.47 Å². The predicted octanol–water partition coefficient (Wildman–Crippen LogP) is 4.24. The third kappa shape index (κ3) is 5.59. The number of fused-ring (bicyclic) bond motifs is 1. The lowest BCUT2D eigenvalue weighted by molar-refractivity contribution is -0.124. The van der Waals surface area contributed by atoms with Gasteiger partial charge in [-0.05, 0) is 55.0 Å². The Bertz CT molecular complexity index is 1130. The molecule has 0 bridgehead atoms. The fourth-order valence-corrected chi connectivity index (χ4v) is 6.03. The summed E-state index contributed by atoms with van der Waals surface area (Å²) in [6, 6.07) is 8.78. The van der Waals surface area contributed by atoms with Gasteiger partial charge in [-0.2, -0.15) is 0 Å². The lowest BCUT2D eigenvalue weighted by atomic mass is 9.79. The smallest absolute Gasteiger partial charge is 0.254 e. The molecular weight excluding hydrogens is 473 g/mol. The lowest BCUT2D eigenvalue weighted by Gasteiger charge is -2.40. The van der Waals surface area contributed by atoms with Crippen LogP contribution in [-0.4, -0.2) is 69.1 Å². The molecule has 200 valence electrons. The molecule has 4 unspecified atom stereocenters. The number of piperidine rings is 1. The zero-order chi connectivity index (χ0) is 26.7. The number of amides is 2. The van der Waals surface area contributed by atoms with Crippen molar-refractivity contribution in [3.63, 3.8) is 0 Å². The number of ether oxygens (including phenoxy) is 2. The molecule has 2 aromatic rings. The van der Waals surface area contributed by atoms with Crippen molar-refractivity contribution in [1.82, 2.24) is 15.1 Å². The second kappa shape index (κ2) is 11.5. The van der Waals surface area contributed by atoms with Crippen LogP contribution < -0.4 is 14.8 Å². The Morgan fingerprint density at radius 3 is 2.35 bits per heavy atom. The molecule has 0 aromatic heterocycles. The fourth-order valence-electron chi connectivity index (χ4n) is 6.03. The first kappa shape index (κ1) is 26.9. The van der Waals surface area contributed by atoms with Crippen molar-refractivity contribution in [2.45, 2.75) is 38.6 Å². The minimum Gasteiger partial charge on any atom is -0.493 e. The zero-order valence-corrected chi connectivity index (χ0v) is 22.4. The number of rotatable bonds is 8. The normalized spacial score (nSPS) is 23.9. The van der Waals surface area contributed by atoms with Crippen LogP contribution in [0.15, 0.2) is 36.4 Å². The molecule has 1 saturated heterocycles. The van der Waals surface area contributed by atoms with E-state index in [-0.39, 0.29) is 11.8 Å². The minimum atomic E-state index is -0.815. The first-order valence-electron chi connectivity index (χ1n) is 13.0. The number of nitrogens with one attached hydrogen (secondary N) is 1. The molecular formula is C29H38FN3O4. The molecule has 4 atom stereocenters. The quantitative estimate of drug-likeness (QED) is 0.537. The number of hydrogen-bond donors (Lipinski definition) is 1. The number of likely N-dealkylation sites (N-methyl/N-ethyl adjacent to an activating group) is 1. The molecule has 0 radical (unpaired) electrons. The van der Waals surface area contributed by atoms with Crippen molar-refractivity contribution >= 4 is 11.8 Å². The topological polar surface area (TPSA) is 71.1 Å². The molecule has 7 nitrogen and oxygen atoms in total. The summed E-state index contributed by atoms with van der Waals surface area (Å²) in [6.07, 6.45) is 2.07. The average Bonchev–Trinajstić information content (AvgIpc) is 2.87. The number of halogens is 1. The van der Waals surface area contributed by atoms with Gasteiger partial charge < -0.3 is 24.6 Å². The molecule has 1 fully saturated rings. The molecule has 2 amide bonds. The van der Waals surface area contributed by atoms with Crippen LogP contribution in [0.25, 0.3) is 0 Å². The van der Waals surface area contributed by atoms with E-state index in [0.29, 0.717) is 46.6 Å². The third-order valence-electron chi connectivity index (χ3n) is 7.58. The molecule has 2 heterocycles. The predicted molar refractivity (Wildman–Crippen MR) is 141 cm³/mol. The van der Waals surface area contributed by atoms with Crippen LogP contribution in [0, 0.1) is 17.7 Å². The Hall–Kier alpha value is -3.13. The number of likely N-dealkylation sites (tertiary alicyclic amines) is 1. The van der Waals surface area contributed by atoms with Gasteiger partial charge in [-0.3, -0.25) is 9.59 Å². The van der Waals surface area contributed by atoms with Gasteiger partial charge in [0.15, 0.2) is 11.5 Å². The van der Waals surface area contributed by atoms with Gasteiger partial charge in [0.25, 0.3) is 5.91 Å². The summed E-state index contributed by atoms with van der Waals surface area (Å²) in [6.45, 7) is 8.15. The largest absolute Gasteiger partial charge is 0.493 e. The summed E-state index contributed by atoms with van der Waals surface area (Å²) >= 11 is 0. The lowest BCUT2D eigenvalue weighted by Crippen LogP contribution is -2.46. The fraction of sp³-hybridized carbons (Fsp3) is 0.517. The second-order valence-corrected chi connectivity index (χ2v) is 10.5. The summed E-state index contributed by atoms with van der Waals surface area (Å²) in [5.74, 6) is 0.348. The SMILES string of the molecule is COc1cc2c(cc1OC)C(C(=O)NCCCN1CC(C)CC(C)C1)C(c1ccccc1F)N(C)C2=O. The van der Waals surface area contributed by atoms with E-state index in [9.17, 15) is 9.59 Å². The van der Waals surface area contributed by atoms with Crippen molar-refractivity contribution < 1.29 is 23.5 Å². The van der Waals surface area contributed by atoms with E-state index in [0.717, 1.165) is 26.1 Å². The van der Waals surface area contributed by atoms with Crippen molar-refractivity contribution in [2.24, 2.45) is 11.8 Å². The van der Waals surface area contributed by atoms with E-state index in [1.807, 2.05) is 0 Å². The van der Waals surface area contributed by atoms with E-state index in [1.165, 1.54) is 31.6 Å². The van der Waals surface area contributed by atoms with Crippen LogP contribution in [0.4, 0.5) is 4.39 Å². The highest BCUT2D eigenvalue weighted by Crippen LogP contribution is 2.46. The Labute approximate surface area is 218 Å². The molecule has 1 N–H and O–H groups in total. The highest BCUT2D eigenvalue weighted by molar-refractivity contribution is 6.02. The first-order chi connectivity index (χ1) is 17.7. The standard InChI is InChI=1S/C29H38FN3O4/c1-18-13-19(2)17-33(16-18)12-8-11-31-28(34)26-21-14-24(36-4)25(37-5)15-22(21)29(35)32(3)27(26)20-9-6-7-10-23(20)30/h6-7,9-10,14-15,18-19,26-27H,8,11-13,16-17H2,1-5H3,(H,31,34). The summed E-state index contributed by atoms with van der Waals surface area (Å²) in [4.78, 5) is 31.1. The van der Waals surface area contributed by atoms with Gasteiger partial charge in [-0.1, -0.05) is 32.0 Å². The number of benzene rings is 2. The van der Waals surface area contributed by atoms with Crippen molar-refractivity contribution in [2.75, 3.05) is 47.4 Å². The number of methoxy groups -OCH3 is 2. The molecule has 37 heavy (non-hydrogen) atoms. The van der Waals surface area contributed by atoms with Crippen LogP contribution in [-0.2, 0) is 4.79 Å². The van der Waals surface area contributed by atoms with Crippen molar-refractivity contribution in [3.05, 3.63) is 58.9 Å². The molecule has 2 aliphatic rings. The van der Waals surface area contributed by atoms with Crippen LogP contribution in [0.3, 0.4) is 0 Å². The maximum absolute atomic E-state index is 15.0. The van der Waals surface area contributed by atoms with E-state index < -0.39 is 17.8 Å². The van der Waals surface area contributed by atoms with Crippen LogP contribution in [0.2, 0.25) is 0 Å².